The van der Waals surface area contributed by atoms with Gasteiger partial charge in [0.25, 0.3) is 0 Å². The molecule has 3 aromatic carbocycles. The second-order valence-electron chi connectivity index (χ2n) is 12.1. The van der Waals surface area contributed by atoms with Gasteiger partial charge >= 0.3 is 14.2 Å². The molecule has 0 unspecified atom stereocenters. The zero-order valence-electron chi connectivity index (χ0n) is 22.8. The Labute approximate surface area is 218 Å². The summed E-state index contributed by atoms with van der Waals surface area (Å²) in [6, 6.07) is 18.3. The third-order valence-corrected chi connectivity index (χ3v) is 8.58. The van der Waals surface area contributed by atoms with Gasteiger partial charge in [-0.25, -0.2) is 0 Å². The van der Waals surface area contributed by atoms with Crippen LogP contribution in [-0.4, -0.2) is 51.6 Å². The number of benzene rings is 3. The van der Waals surface area contributed by atoms with Gasteiger partial charge in [0.1, 0.15) is 11.0 Å². The molecule has 3 heterocycles. The van der Waals surface area contributed by atoms with Crippen LogP contribution in [0.5, 0.6) is 0 Å². The van der Waals surface area contributed by atoms with E-state index in [1.54, 1.807) is 4.80 Å². The molecule has 1 aromatic heterocycles. The Morgan fingerprint density at radius 1 is 0.622 bits per heavy atom. The first-order valence-electron chi connectivity index (χ1n) is 12.9. The molecule has 0 N–H and O–H groups in total. The number of nitrogens with zero attached hydrogens (tertiary/aromatic N) is 3. The van der Waals surface area contributed by atoms with Crippen LogP contribution in [0.1, 0.15) is 55.4 Å². The predicted octanol–water partition coefficient (Wildman–Crippen LogP) is 4.17. The predicted molar refractivity (Wildman–Crippen MR) is 148 cm³/mol. The molecule has 6 rings (SSSR count). The first-order chi connectivity index (χ1) is 17.3. The first-order valence-corrected chi connectivity index (χ1v) is 12.9. The van der Waals surface area contributed by atoms with Crippen molar-refractivity contribution in [2.75, 3.05) is 0 Å². The molecule has 0 saturated carbocycles. The highest BCUT2D eigenvalue weighted by Crippen LogP contribution is 2.38. The lowest BCUT2D eigenvalue weighted by Crippen LogP contribution is -2.41. The summed E-state index contributed by atoms with van der Waals surface area (Å²) in [5, 5.41) is 11.8. The molecule has 0 bridgehead atoms. The zero-order chi connectivity index (χ0) is 26.4. The van der Waals surface area contributed by atoms with Crippen molar-refractivity contribution in [2.45, 2.75) is 77.8 Å². The average molecular weight is 497 g/mol. The third kappa shape index (κ3) is 3.83. The second kappa shape index (κ2) is 7.90. The van der Waals surface area contributed by atoms with E-state index in [1.807, 2.05) is 42.5 Å². The number of hydrogen-bond acceptors (Lipinski definition) is 6. The number of fused-ring (bicyclic) bond motifs is 3. The molecule has 4 aromatic rings. The lowest BCUT2D eigenvalue weighted by atomic mass is 9.75. The van der Waals surface area contributed by atoms with Crippen molar-refractivity contribution in [2.24, 2.45) is 0 Å². The van der Waals surface area contributed by atoms with E-state index in [2.05, 4.69) is 67.5 Å². The fraction of sp³-hybridized carbons (Fsp3) is 0.429. The molecule has 7 nitrogen and oxygen atoms in total. The summed E-state index contributed by atoms with van der Waals surface area (Å²) < 4.78 is 25.2. The lowest BCUT2D eigenvalue weighted by Gasteiger charge is -2.32. The van der Waals surface area contributed by atoms with Gasteiger partial charge in [-0.15, -0.1) is 10.2 Å². The average Bonchev–Trinajstić information content (AvgIpc) is 3.42. The fourth-order valence-corrected chi connectivity index (χ4v) is 4.80. The van der Waals surface area contributed by atoms with Gasteiger partial charge in [-0.05, 0) is 89.9 Å². The van der Waals surface area contributed by atoms with Gasteiger partial charge in [-0.3, -0.25) is 0 Å². The van der Waals surface area contributed by atoms with Gasteiger partial charge in [0.15, 0.2) is 0 Å². The largest absolute Gasteiger partial charge is 0.495 e. The Morgan fingerprint density at radius 3 is 1.70 bits per heavy atom. The maximum Gasteiger partial charge on any atom is 0.495 e. The highest BCUT2D eigenvalue weighted by atomic mass is 16.7. The molecule has 2 aliphatic heterocycles. The molecule has 2 aliphatic rings. The number of hydrogen-bond donors (Lipinski definition) is 0. The van der Waals surface area contributed by atoms with E-state index in [1.165, 1.54) is 0 Å². The van der Waals surface area contributed by atoms with Crippen LogP contribution in [-0.2, 0) is 18.6 Å². The maximum atomic E-state index is 6.39. The van der Waals surface area contributed by atoms with Gasteiger partial charge in [-0.2, -0.15) is 4.80 Å². The van der Waals surface area contributed by atoms with Crippen LogP contribution in [0.25, 0.3) is 27.5 Å². The van der Waals surface area contributed by atoms with E-state index in [0.717, 1.165) is 38.4 Å². The van der Waals surface area contributed by atoms with E-state index in [-0.39, 0.29) is 11.2 Å². The van der Waals surface area contributed by atoms with Crippen molar-refractivity contribution >= 4 is 47.0 Å². The molecule has 190 valence electrons. The Balaban J connectivity index is 1.37. The number of aromatic nitrogens is 3. The van der Waals surface area contributed by atoms with Gasteiger partial charge in [0, 0.05) is 5.39 Å². The van der Waals surface area contributed by atoms with Gasteiger partial charge in [-0.1, -0.05) is 36.4 Å². The SMILES string of the molecule is CC1(C)OB(c2ccc(-n3nc4cc(B5OC(C)(C)C(C)(C)O5)c5ccccc5c4n3)cc2)OC1(C)C. The molecular weight excluding hydrogens is 464 g/mol. The second-order valence-corrected chi connectivity index (χ2v) is 12.1. The molecule has 0 atom stereocenters. The fourth-order valence-electron chi connectivity index (χ4n) is 4.80. The van der Waals surface area contributed by atoms with Crippen LogP contribution in [0.2, 0.25) is 0 Å². The summed E-state index contributed by atoms with van der Waals surface area (Å²) in [6.07, 6.45) is 0. The van der Waals surface area contributed by atoms with E-state index in [0.29, 0.717) is 0 Å². The van der Waals surface area contributed by atoms with E-state index in [4.69, 9.17) is 28.8 Å². The minimum absolute atomic E-state index is 0.381. The molecule has 2 fully saturated rings. The van der Waals surface area contributed by atoms with E-state index in [9.17, 15) is 0 Å². The minimum Gasteiger partial charge on any atom is -0.399 e. The molecular formula is C28H33B2N3O4. The highest BCUT2D eigenvalue weighted by molar-refractivity contribution is 6.65. The van der Waals surface area contributed by atoms with Crippen LogP contribution in [0.3, 0.4) is 0 Å². The molecule has 0 amide bonds. The topological polar surface area (TPSA) is 67.6 Å². The van der Waals surface area contributed by atoms with Crippen LogP contribution in [0, 0.1) is 0 Å². The van der Waals surface area contributed by atoms with E-state index < -0.39 is 25.4 Å². The summed E-state index contributed by atoms with van der Waals surface area (Å²) in [5.74, 6) is 0. The number of rotatable bonds is 3. The Hall–Kier alpha value is -2.71. The van der Waals surface area contributed by atoms with Crippen molar-refractivity contribution < 1.29 is 18.6 Å². The molecule has 0 aliphatic carbocycles. The molecule has 0 spiro atoms. The van der Waals surface area contributed by atoms with Crippen LogP contribution in [0.4, 0.5) is 0 Å². The molecule has 37 heavy (non-hydrogen) atoms. The first kappa shape index (κ1) is 24.6. The Kier molecular flexibility index (Phi) is 5.26. The van der Waals surface area contributed by atoms with Crippen LogP contribution >= 0.6 is 0 Å². The monoisotopic (exact) mass is 497 g/mol. The maximum absolute atomic E-state index is 6.39. The Bertz CT molecular complexity index is 1480. The summed E-state index contributed by atoms with van der Waals surface area (Å²) in [6.45, 7) is 16.5. The van der Waals surface area contributed by atoms with Crippen molar-refractivity contribution in [1.82, 2.24) is 15.0 Å². The smallest absolute Gasteiger partial charge is 0.399 e. The standard InChI is InChI=1S/C28H33B2N3O4/c1-25(2)26(3,4)35-29(34-25)18-13-15-19(16-14-18)33-31-23-17-22(30-36-27(5,6)28(7,8)37-30)20-11-9-10-12-21(20)24(23)32-33/h9-17H,1-8H3. The summed E-state index contributed by atoms with van der Waals surface area (Å²) in [5.41, 5.74) is 2.80. The normalized spacial score (nSPS) is 21.8. The van der Waals surface area contributed by atoms with Gasteiger partial charge in [0.2, 0.25) is 0 Å². The quantitative estimate of drug-likeness (QED) is 0.396. The van der Waals surface area contributed by atoms with Gasteiger partial charge < -0.3 is 18.6 Å². The summed E-state index contributed by atoms with van der Waals surface area (Å²) >= 11 is 0. The van der Waals surface area contributed by atoms with Crippen molar-refractivity contribution in [3.63, 3.8) is 0 Å². The van der Waals surface area contributed by atoms with Crippen molar-refractivity contribution in [3.8, 4) is 5.69 Å². The van der Waals surface area contributed by atoms with Crippen molar-refractivity contribution in [3.05, 3.63) is 54.6 Å². The van der Waals surface area contributed by atoms with Crippen LogP contribution < -0.4 is 10.9 Å². The molecule has 2 saturated heterocycles. The zero-order valence-corrected chi connectivity index (χ0v) is 22.8. The Morgan fingerprint density at radius 2 is 1.14 bits per heavy atom. The van der Waals surface area contributed by atoms with Crippen LogP contribution in [0.15, 0.2) is 54.6 Å². The van der Waals surface area contributed by atoms with Gasteiger partial charge in [0.05, 0.1) is 28.1 Å². The summed E-state index contributed by atoms with van der Waals surface area (Å²) in [7, 11) is -0.890. The molecule has 9 heteroatoms. The lowest BCUT2D eigenvalue weighted by molar-refractivity contribution is 0.00578. The minimum atomic E-state index is -0.483. The highest BCUT2D eigenvalue weighted by Gasteiger charge is 2.53. The van der Waals surface area contributed by atoms with Crippen molar-refractivity contribution in [1.29, 1.82) is 0 Å². The van der Waals surface area contributed by atoms with E-state index >= 15 is 0 Å². The third-order valence-electron chi connectivity index (χ3n) is 8.58. The summed E-state index contributed by atoms with van der Waals surface area (Å²) in [4.78, 5) is 1.68. The molecule has 0 radical (unpaired) electrons.